The van der Waals surface area contributed by atoms with E-state index in [-0.39, 0.29) is 16.8 Å². The van der Waals surface area contributed by atoms with Crippen LogP contribution in [0.25, 0.3) is 0 Å². The lowest BCUT2D eigenvalue weighted by atomic mass is 9.96. The number of carbonyl (C=O) groups is 2. The Morgan fingerprint density at radius 2 is 1.92 bits per heavy atom. The maximum atomic E-state index is 12.5. The molecule has 0 spiro atoms. The van der Waals surface area contributed by atoms with E-state index < -0.39 is 11.7 Å². The highest BCUT2D eigenvalue weighted by molar-refractivity contribution is 6.34. The van der Waals surface area contributed by atoms with Crippen molar-refractivity contribution >= 4 is 35.2 Å². The highest BCUT2D eigenvalue weighted by atomic mass is 35.5. The Morgan fingerprint density at radius 3 is 2.52 bits per heavy atom. The zero-order valence-electron chi connectivity index (χ0n) is 14.6. The van der Waals surface area contributed by atoms with Crippen LogP contribution in [0.4, 0.5) is 4.79 Å². The zero-order valence-corrected chi connectivity index (χ0v) is 16.2. The van der Waals surface area contributed by atoms with E-state index in [0.717, 1.165) is 12.8 Å². The third-order valence-corrected chi connectivity index (χ3v) is 4.37. The lowest BCUT2D eigenvalue weighted by Crippen LogP contribution is -2.42. The van der Waals surface area contributed by atoms with E-state index in [1.54, 1.807) is 17.0 Å². The van der Waals surface area contributed by atoms with Crippen LogP contribution in [0.1, 0.15) is 44.1 Å². The van der Waals surface area contributed by atoms with E-state index in [9.17, 15) is 9.59 Å². The zero-order chi connectivity index (χ0) is 18.6. The number of nitrogens with one attached hydrogen (secondary N) is 1. The molecule has 0 radical (unpaired) electrons. The summed E-state index contributed by atoms with van der Waals surface area (Å²) in [7, 11) is 0. The van der Waals surface area contributed by atoms with Crippen LogP contribution in [-0.2, 0) is 4.74 Å². The maximum Gasteiger partial charge on any atom is 0.407 e. The SMILES string of the molecule is CC(C)(C)OC(=O)NCC1CCN(C(=O)c2nc(Cl)ccc2Cl)CC1. The molecule has 1 saturated heterocycles. The van der Waals surface area contributed by atoms with Gasteiger partial charge in [0.15, 0.2) is 0 Å². The fourth-order valence-electron chi connectivity index (χ4n) is 2.60. The number of ether oxygens (including phenoxy) is 1. The van der Waals surface area contributed by atoms with E-state index in [2.05, 4.69) is 10.3 Å². The minimum absolute atomic E-state index is 0.180. The van der Waals surface area contributed by atoms with E-state index in [0.29, 0.717) is 30.6 Å². The minimum Gasteiger partial charge on any atom is -0.444 e. The summed E-state index contributed by atoms with van der Waals surface area (Å²) in [5.74, 6) is 0.0883. The van der Waals surface area contributed by atoms with Crippen LogP contribution in [0.15, 0.2) is 12.1 Å². The summed E-state index contributed by atoms with van der Waals surface area (Å²) in [5.41, 5.74) is -0.331. The molecule has 1 aliphatic heterocycles. The Kier molecular flexibility index (Phi) is 6.52. The first-order valence-electron chi connectivity index (χ1n) is 8.24. The number of aromatic nitrogens is 1. The second kappa shape index (κ2) is 8.23. The molecular formula is C17H23Cl2N3O3. The second-order valence-electron chi connectivity index (χ2n) is 7.08. The molecule has 0 saturated carbocycles. The van der Waals surface area contributed by atoms with Crippen molar-refractivity contribution in [3.63, 3.8) is 0 Å². The van der Waals surface area contributed by atoms with Gasteiger partial charge in [0, 0.05) is 19.6 Å². The van der Waals surface area contributed by atoms with Gasteiger partial charge in [0.2, 0.25) is 0 Å². The molecule has 8 heteroatoms. The molecule has 6 nitrogen and oxygen atoms in total. The van der Waals surface area contributed by atoms with Gasteiger partial charge in [-0.2, -0.15) is 0 Å². The van der Waals surface area contributed by atoms with Gasteiger partial charge in [0.05, 0.1) is 5.02 Å². The van der Waals surface area contributed by atoms with Gasteiger partial charge in [-0.05, 0) is 51.7 Å². The number of amides is 2. The third-order valence-electron chi connectivity index (χ3n) is 3.85. The van der Waals surface area contributed by atoms with Gasteiger partial charge in [-0.15, -0.1) is 0 Å². The first-order valence-corrected chi connectivity index (χ1v) is 8.99. The van der Waals surface area contributed by atoms with Crippen LogP contribution in [0, 0.1) is 5.92 Å². The van der Waals surface area contributed by atoms with Crippen molar-refractivity contribution in [3.8, 4) is 0 Å². The average molecular weight is 388 g/mol. The van der Waals surface area contributed by atoms with E-state index in [4.69, 9.17) is 27.9 Å². The number of hydrogen-bond donors (Lipinski definition) is 1. The standard InChI is InChI=1S/C17H23Cl2N3O3/c1-17(2,3)25-16(24)20-10-11-6-8-22(9-7-11)15(23)14-12(18)4-5-13(19)21-14/h4-5,11H,6-10H2,1-3H3,(H,20,24). The summed E-state index contributed by atoms with van der Waals surface area (Å²) in [6, 6.07) is 3.12. The molecule has 0 aliphatic carbocycles. The molecule has 0 bridgehead atoms. The number of likely N-dealkylation sites (tertiary alicyclic amines) is 1. The lowest BCUT2D eigenvalue weighted by molar-refractivity contribution is 0.0499. The highest BCUT2D eigenvalue weighted by Crippen LogP contribution is 2.22. The Balaban J connectivity index is 1.82. The summed E-state index contributed by atoms with van der Waals surface area (Å²) < 4.78 is 5.22. The smallest absolute Gasteiger partial charge is 0.407 e. The molecule has 2 heterocycles. The fraction of sp³-hybridized carbons (Fsp3) is 0.588. The van der Waals surface area contributed by atoms with Gasteiger partial charge < -0.3 is 15.0 Å². The number of rotatable bonds is 3. The van der Waals surface area contributed by atoms with Gasteiger partial charge in [-0.1, -0.05) is 23.2 Å². The number of piperidine rings is 1. The number of hydrogen-bond acceptors (Lipinski definition) is 4. The van der Waals surface area contributed by atoms with Crippen molar-refractivity contribution in [1.82, 2.24) is 15.2 Å². The number of alkyl carbamates (subject to hydrolysis) is 1. The molecule has 1 aromatic heterocycles. The summed E-state index contributed by atoms with van der Waals surface area (Å²) in [4.78, 5) is 30.0. The Morgan fingerprint density at radius 1 is 1.28 bits per heavy atom. The molecule has 2 rings (SSSR count). The lowest BCUT2D eigenvalue weighted by Gasteiger charge is -2.32. The molecule has 25 heavy (non-hydrogen) atoms. The Hall–Kier alpha value is -1.53. The first kappa shape index (κ1) is 19.8. The van der Waals surface area contributed by atoms with Crippen molar-refractivity contribution in [1.29, 1.82) is 0 Å². The van der Waals surface area contributed by atoms with Crippen molar-refractivity contribution in [2.45, 2.75) is 39.2 Å². The van der Waals surface area contributed by atoms with Crippen LogP contribution in [-0.4, -0.2) is 47.1 Å². The highest BCUT2D eigenvalue weighted by Gasteiger charge is 2.26. The van der Waals surface area contributed by atoms with Crippen molar-refractivity contribution < 1.29 is 14.3 Å². The second-order valence-corrected chi connectivity index (χ2v) is 7.88. The minimum atomic E-state index is -0.511. The normalized spacial score (nSPS) is 15.8. The number of halogens is 2. The largest absolute Gasteiger partial charge is 0.444 e. The quantitative estimate of drug-likeness (QED) is 0.801. The molecule has 1 aromatic rings. The predicted molar refractivity (Wildman–Crippen MR) is 97.1 cm³/mol. The average Bonchev–Trinajstić information content (AvgIpc) is 2.53. The number of carbonyl (C=O) groups excluding carboxylic acids is 2. The van der Waals surface area contributed by atoms with Crippen molar-refractivity contribution in [3.05, 3.63) is 28.0 Å². The molecule has 0 atom stereocenters. The van der Waals surface area contributed by atoms with E-state index in [1.165, 1.54) is 0 Å². The first-order chi connectivity index (χ1) is 11.7. The molecule has 138 valence electrons. The molecule has 0 aromatic carbocycles. The predicted octanol–water partition coefficient (Wildman–Crippen LogP) is 3.77. The van der Waals surface area contributed by atoms with Gasteiger partial charge in [0.1, 0.15) is 16.4 Å². The number of nitrogens with zero attached hydrogens (tertiary/aromatic N) is 2. The third kappa shape index (κ3) is 6.04. The Labute approximate surface area is 157 Å². The summed E-state index contributed by atoms with van der Waals surface area (Å²) >= 11 is 11.9. The van der Waals surface area contributed by atoms with Crippen LogP contribution in [0.2, 0.25) is 10.2 Å². The van der Waals surface area contributed by atoms with Crippen LogP contribution < -0.4 is 5.32 Å². The molecule has 0 unspecified atom stereocenters. The summed E-state index contributed by atoms with van der Waals surface area (Å²) in [6.07, 6.45) is 1.17. The van der Waals surface area contributed by atoms with Gasteiger partial charge in [-0.3, -0.25) is 4.79 Å². The monoisotopic (exact) mass is 387 g/mol. The van der Waals surface area contributed by atoms with Gasteiger partial charge >= 0.3 is 6.09 Å². The van der Waals surface area contributed by atoms with Crippen molar-refractivity contribution in [2.24, 2.45) is 5.92 Å². The van der Waals surface area contributed by atoms with Crippen LogP contribution in [0.5, 0.6) is 0 Å². The van der Waals surface area contributed by atoms with Crippen LogP contribution >= 0.6 is 23.2 Å². The summed E-state index contributed by atoms with van der Waals surface area (Å²) in [6.45, 7) is 7.18. The summed E-state index contributed by atoms with van der Waals surface area (Å²) in [5, 5.41) is 3.32. The topological polar surface area (TPSA) is 71.5 Å². The maximum absolute atomic E-state index is 12.5. The van der Waals surface area contributed by atoms with Gasteiger partial charge in [0.25, 0.3) is 5.91 Å². The number of pyridine rings is 1. The van der Waals surface area contributed by atoms with Crippen molar-refractivity contribution in [2.75, 3.05) is 19.6 Å². The molecule has 2 amide bonds. The fourth-order valence-corrected chi connectivity index (χ4v) is 2.93. The van der Waals surface area contributed by atoms with Gasteiger partial charge in [-0.25, -0.2) is 9.78 Å². The molecule has 1 aliphatic rings. The molecule has 1 fully saturated rings. The van der Waals surface area contributed by atoms with Crippen LogP contribution in [0.3, 0.4) is 0 Å². The Bertz CT molecular complexity index is 639. The van der Waals surface area contributed by atoms with E-state index in [1.807, 2.05) is 20.8 Å². The van der Waals surface area contributed by atoms with E-state index >= 15 is 0 Å². The molecular weight excluding hydrogens is 365 g/mol. The molecule has 1 N–H and O–H groups in total.